The molecule has 0 aliphatic carbocycles. The largest absolute Gasteiger partial charge is 0.356 e. The van der Waals surface area contributed by atoms with Crippen molar-refractivity contribution in [3.8, 4) is 0 Å². The van der Waals surface area contributed by atoms with Gasteiger partial charge in [0, 0.05) is 65.3 Å². The van der Waals surface area contributed by atoms with Gasteiger partial charge in [0.1, 0.15) is 0 Å². The van der Waals surface area contributed by atoms with E-state index in [-0.39, 0.29) is 24.0 Å². The van der Waals surface area contributed by atoms with Gasteiger partial charge >= 0.3 is 0 Å². The molecule has 1 aliphatic rings. The molecule has 2 heterocycles. The number of aromatic nitrogens is 2. The van der Waals surface area contributed by atoms with Gasteiger partial charge in [0.15, 0.2) is 5.96 Å². The third kappa shape index (κ3) is 8.48. The van der Waals surface area contributed by atoms with Gasteiger partial charge in [-0.1, -0.05) is 13.8 Å². The first-order valence-electron chi connectivity index (χ1n) is 9.38. The normalized spacial score (nSPS) is 15.7. The Hall–Kier alpha value is -1.16. The number of nitrogens with one attached hydrogen (secondary N) is 2. The Labute approximate surface area is 175 Å². The van der Waals surface area contributed by atoms with E-state index in [4.69, 9.17) is 0 Å². The second-order valence-electron chi connectivity index (χ2n) is 6.84. The lowest BCUT2D eigenvalue weighted by Crippen LogP contribution is -2.49. The minimum absolute atomic E-state index is 0. The van der Waals surface area contributed by atoms with Crippen LogP contribution in [0, 0.1) is 5.92 Å². The maximum atomic E-state index is 4.33. The molecule has 1 aliphatic heterocycles. The molecular formula is C18H34IN7. The van der Waals surface area contributed by atoms with Crippen LogP contribution >= 0.6 is 24.0 Å². The summed E-state index contributed by atoms with van der Waals surface area (Å²) >= 11 is 0. The van der Waals surface area contributed by atoms with Crippen molar-refractivity contribution in [1.82, 2.24) is 25.5 Å². The molecule has 0 bridgehead atoms. The number of anilines is 1. The average molecular weight is 475 g/mol. The lowest BCUT2D eigenvalue weighted by Gasteiger charge is -2.34. The summed E-state index contributed by atoms with van der Waals surface area (Å²) in [6, 6.07) is 1.86. The fourth-order valence-corrected chi connectivity index (χ4v) is 2.90. The zero-order chi connectivity index (χ0) is 17.9. The number of rotatable bonds is 8. The first-order chi connectivity index (χ1) is 12.2. The number of hydrogen-bond acceptors (Lipinski definition) is 5. The average Bonchev–Trinajstić information content (AvgIpc) is 2.64. The summed E-state index contributed by atoms with van der Waals surface area (Å²) < 4.78 is 0. The molecule has 8 heteroatoms. The van der Waals surface area contributed by atoms with Crippen molar-refractivity contribution in [2.45, 2.75) is 26.7 Å². The maximum Gasteiger partial charge on any atom is 0.225 e. The standard InChI is InChI=1S/C18H33N7.HI/c1-16(2)6-4-7-20-17(19-3)21-10-11-24-12-14-25(15-13-24)18-22-8-5-9-23-18;/h5,8-9,16H,4,6-7,10-15H2,1-3H3,(H2,19,20,21);1H. The van der Waals surface area contributed by atoms with Crippen molar-refractivity contribution in [3.63, 3.8) is 0 Å². The number of nitrogens with zero attached hydrogens (tertiary/aromatic N) is 5. The van der Waals surface area contributed by atoms with Gasteiger partial charge in [-0.25, -0.2) is 9.97 Å². The Bertz CT molecular complexity index is 502. The molecule has 0 aromatic carbocycles. The van der Waals surface area contributed by atoms with Gasteiger partial charge in [-0.2, -0.15) is 0 Å². The molecule has 0 atom stereocenters. The van der Waals surface area contributed by atoms with Gasteiger partial charge in [-0.3, -0.25) is 9.89 Å². The minimum Gasteiger partial charge on any atom is -0.356 e. The SMILES string of the molecule is CN=C(NCCCC(C)C)NCCN1CCN(c2ncccn2)CC1.I. The highest BCUT2D eigenvalue weighted by Gasteiger charge is 2.18. The van der Waals surface area contributed by atoms with Gasteiger partial charge in [-0.15, -0.1) is 24.0 Å². The highest BCUT2D eigenvalue weighted by Crippen LogP contribution is 2.09. The van der Waals surface area contributed by atoms with E-state index in [0.717, 1.165) is 63.6 Å². The highest BCUT2D eigenvalue weighted by molar-refractivity contribution is 14.0. The van der Waals surface area contributed by atoms with Crippen molar-refractivity contribution < 1.29 is 0 Å². The van der Waals surface area contributed by atoms with Gasteiger partial charge in [-0.05, 0) is 24.8 Å². The molecule has 1 saturated heterocycles. The molecule has 26 heavy (non-hydrogen) atoms. The summed E-state index contributed by atoms with van der Waals surface area (Å²) in [4.78, 5) is 17.7. The Kier molecular flexibility index (Phi) is 11.5. The van der Waals surface area contributed by atoms with Crippen LogP contribution in [0.3, 0.4) is 0 Å². The molecule has 0 spiro atoms. The molecule has 7 nitrogen and oxygen atoms in total. The van der Waals surface area contributed by atoms with Crippen LogP contribution in [0.5, 0.6) is 0 Å². The number of piperazine rings is 1. The van der Waals surface area contributed by atoms with E-state index < -0.39 is 0 Å². The van der Waals surface area contributed by atoms with Crippen molar-refractivity contribution in [2.75, 3.05) is 57.8 Å². The van der Waals surface area contributed by atoms with Crippen molar-refractivity contribution in [3.05, 3.63) is 18.5 Å². The molecular weight excluding hydrogens is 441 g/mol. The summed E-state index contributed by atoms with van der Waals surface area (Å²) in [5.41, 5.74) is 0. The van der Waals surface area contributed by atoms with Crippen molar-refractivity contribution in [2.24, 2.45) is 10.9 Å². The first kappa shape index (κ1) is 22.9. The topological polar surface area (TPSA) is 68.7 Å². The molecule has 2 rings (SSSR count). The molecule has 148 valence electrons. The van der Waals surface area contributed by atoms with Crippen LogP contribution in [-0.4, -0.2) is 73.7 Å². The molecule has 0 radical (unpaired) electrons. The van der Waals surface area contributed by atoms with Crippen LogP contribution in [0.4, 0.5) is 5.95 Å². The number of aliphatic imine (C=N–C) groups is 1. The minimum atomic E-state index is 0. The predicted octanol–water partition coefficient (Wildman–Crippen LogP) is 1.82. The van der Waals surface area contributed by atoms with E-state index in [1.165, 1.54) is 12.8 Å². The summed E-state index contributed by atoms with van der Waals surface area (Å²) in [5, 5.41) is 6.79. The van der Waals surface area contributed by atoms with E-state index in [1.54, 1.807) is 12.4 Å². The van der Waals surface area contributed by atoms with E-state index in [2.05, 4.69) is 49.2 Å². The lowest BCUT2D eigenvalue weighted by atomic mass is 10.1. The predicted molar refractivity (Wildman–Crippen MR) is 120 cm³/mol. The van der Waals surface area contributed by atoms with Crippen LogP contribution in [0.2, 0.25) is 0 Å². The van der Waals surface area contributed by atoms with Crippen molar-refractivity contribution >= 4 is 35.9 Å². The van der Waals surface area contributed by atoms with Gasteiger partial charge in [0.2, 0.25) is 5.95 Å². The third-order valence-corrected chi connectivity index (χ3v) is 4.40. The van der Waals surface area contributed by atoms with E-state index in [9.17, 15) is 0 Å². The maximum absolute atomic E-state index is 4.33. The zero-order valence-electron chi connectivity index (χ0n) is 16.3. The summed E-state index contributed by atoms with van der Waals surface area (Å²) in [6.45, 7) is 11.5. The van der Waals surface area contributed by atoms with Gasteiger partial charge < -0.3 is 15.5 Å². The number of guanidine groups is 1. The smallest absolute Gasteiger partial charge is 0.225 e. The second kappa shape index (κ2) is 13.1. The fraction of sp³-hybridized carbons (Fsp3) is 0.722. The molecule has 0 unspecified atom stereocenters. The van der Waals surface area contributed by atoms with Gasteiger partial charge in [0.05, 0.1) is 0 Å². The molecule has 0 amide bonds. The molecule has 0 saturated carbocycles. The van der Waals surface area contributed by atoms with Crippen LogP contribution in [-0.2, 0) is 0 Å². The molecule has 1 fully saturated rings. The first-order valence-corrected chi connectivity index (χ1v) is 9.38. The van der Waals surface area contributed by atoms with E-state index in [0.29, 0.717) is 0 Å². The van der Waals surface area contributed by atoms with Gasteiger partial charge in [0.25, 0.3) is 0 Å². The highest BCUT2D eigenvalue weighted by atomic mass is 127. The zero-order valence-corrected chi connectivity index (χ0v) is 18.6. The molecule has 1 aromatic rings. The molecule has 1 aromatic heterocycles. The number of hydrogen-bond donors (Lipinski definition) is 2. The van der Waals surface area contributed by atoms with Crippen LogP contribution in [0.1, 0.15) is 26.7 Å². The van der Waals surface area contributed by atoms with Crippen LogP contribution < -0.4 is 15.5 Å². The van der Waals surface area contributed by atoms with E-state index in [1.807, 2.05) is 13.1 Å². The second-order valence-corrected chi connectivity index (χ2v) is 6.84. The van der Waals surface area contributed by atoms with Crippen molar-refractivity contribution in [1.29, 1.82) is 0 Å². The quantitative estimate of drug-likeness (QED) is 0.259. The Morgan fingerprint density at radius 2 is 1.77 bits per heavy atom. The summed E-state index contributed by atoms with van der Waals surface area (Å²) in [6.07, 6.45) is 6.04. The molecule has 2 N–H and O–H groups in total. The Morgan fingerprint density at radius 1 is 1.12 bits per heavy atom. The summed E-state index contributed by atoms with van der Waals surface area (Å²) in [5.74, 6) is 2.50. The number of halogens is 1. The lowest BCUT2D eigenvalue weighted by molar-refractivity contribution is 0.260. The van der Waals surface area contributed by atoms with E-state index >= 15 is 0 Å². The summed E-state index contributed by atoms with van der Waals surface area (Å²) in [7, 11) is 1.83. The Balaban J connectivity index is 0.00000338. The third-order valence-electron chi connectivity index (χ3n) is 4.40. The Morgan fingerprint density at radius 3 is 2.38 bits per heavy atom. The fourth-order valence-electron chi connectivity index (χ4n) is 2.90. The monoisotopic (exact) mass is 475 g/mol. The van der Waals surface area contributed by atoms with Crippen LogP contribution in [0.15, 0.2) is 23.5 Å². The van der Waals surface area contributed by atoms with Crippen LogP contribution in [0.25, 0.3) is 0 Å².